The second-order valence-corrected chi connectivity index (χ2v) is 3.96. The van der Waals surface area contributed by atoms with Gasteiger partial charge in [-0.2, -0.15) is 48.3 Å². The summed E-state index contributed by atoms with van der Waals surface area (Å²) >= 11 is 0. The van der Waals surface area contributed by atoms with E-state index >= 15 is 0 Å². The highest BCUT2D eigenvalue weighted by Crippen LogP contribution is 2.50. The molecular weight excluding hydrogens is 343 g/mol. The molecule has 0 unspecified atom stereocenters. The second kappa shape index (κ2) is 6.11. The summed E-state index contributed by atoms with van der Waals surface area (Å²) in [6.07, 6.45) is -19.5. The lowest BCUT2D eigenvalue weighted by Gasteiger charge is -2.34. The minimum absolute atomic E-state index is 0.316. The summed E-state index contributed by atoms with van der Waals surface area (Å²) in [5.41, 5.74) is -7.02. The Balaban J connectivity index is 6.82. The van der Waals surface area contributed by atoms with Crippen LogP contribution in [0, 0.1) is 0 Å². The first-order valence-electron chi connectivity index (χ1n) is 5.60. The minimum Gasteiger partial charge on any atom is -0.370 e. The van der Waals surface area contributed by atoms with Crippen molar-refractivity contribution in [2.75, 3.05) is 13.1 Å². The maximum absolute atomic E-state index is 13.3. The van der Waals surface area contributed by atoms with Gasteiger partial charge in [0, 0.05) is 13.1 Å². The van der Waals surface area contributed by atoms with E-state index in [0.29, 0.717) is 0 Å². The second-order valence-electron chi connectivity index (χ2n) is 3.96. The lowest BCUT2D eigenvalue weighted by Crippen LogP contribution is -2.48. The lowest BCUT2D eigenvalue weighted by molar-refractivity contribution is -0.274. The molecule has 12 heteroatoms. The zero-order valence-corrected chi connectivity index (χ0v) is 11.0. The first-order chi connectivity index (χ1) is 9.51. The SMILES string of the molecule is CCN(CC)C(=C(C(F)(F)F)C(F)(F)F)C(F)(F)C(F)(F)F. The maximum Gasteiger partial charge on any atom is 0.459 e. The molecule has 0 aromatic rings. The van der Waals surface area contributed by atoms with E-state index < -0.39 is 48.8 Å². The van der Waals surface area contributed by atoms with Gasteiger partial charge in [0.1, 0.15) is 5.70 Å². The van der Waals surface area contributed by atoms with Crippen LogP contribution in [0.1, 0.15) is 13.8 Å². The van der Waals surface area contributed by atoms with Crippen LogP contribution in [0.3, 0.4) is 0 Å². The van der Waals surface area contributed by atoms with Gasteiger partial charge in [0.15, 0.2) is 5.57 Å². The molecule has 0 aromatic carbocycles. The van der Waals surface area contributed by atoms with Crippen LogP contribution in [0.5, 0.6) is 0 Å². The number of hydrogen-bond donors (Lipinski definition) is 0. The van der Waals surface area contributed by atoms with E-state index in [4.69, 9.17) is 0 Å². The topological polar surface area (TPSA) is 3.24 Å². The molecule has 0 spiro atoms. The number of allylic oxidation sites excluding steroid dienone is 2. The van der Waals surface area contributed by atoms with Crippen molar-refractivity contribution in [3.05, 3.63) is 11.3 Å². The van der Waals surface area contributed by atoms with Gasteiger partial charge in [-0.25, -0.2) is 0 Å². The van der Waals surface area contributed by atoms with Crippen molar-refractivity contribution >= 4 is 0 Å². The first kappa shape index (κ1) is 20.8. The van der Waals surface area contributed by atoms with Crippen LogP contribution >= 0.6 is 0 Å². The van der Waals surface area contributed by atoms with Gasteiger partial charge in [-0.3, -0.25) is 0 Å². The van der Waals surface area contributed by atoms with E-state index in [9.17, 15) is 48.3 Å². The Morgan fingerprint density at radius 1 is 0.682 bits per heavy atom. The molecule has 22 heavy (non-hydrogen) atoms. The van der Waals surface area contributed by atoms with Gasteiger partial charge in [-0.15, -0.1) is 0 Å². The summed E-state index contributed by atoms with van der Waals surface area (Å²) in [5.74, 6) is -6.32. The third-order valence-electron chi connectivity index (χ3n) is 2.54. The van der Waals surface area contributed by atoms with E-state index in [1.54, 1.807) is 0 Å². The zero-order chi connectivity index (χ0) is 18.1. The molecule has 0 aliphatic rings. The predicted molar refractivity (Wildman–Crippen MR) is 53.1 cm³/mol. The van der Waals surface area contributed by atoms with Crippen molar-refractivity contribution in [3.8, 4) is 0 Å². The van der Waals surface area contributed by atoms with E-state index in [-0.39, 0.29) is 4.90 Å². The minimum atomic E-state index is -6.62. The Labute approximate surface area is 117 Å². The van der Waals surface area contributed by atoms with Crippen molar-refractivity contribution in [2.45, 2.75) is 38.3 Å². The van der Waals surface area contributed by atoms with Crippen molar-refractivity contribution in [1.82, 2.24) is 4.90 Å². The van der Waals surface area contributed by atoms with Gasteiger partial charge < -0.3 is 4.90 Å². The molecule has 0 heterocycles. The van der Waals surface area contributed by atoms with E-state index in [0.717, 1.165) is 13.8 Å². The number of halogens is 11. The molecule has 0 atom stereocenters. The molecule has 0 fully saturated rings. The number of alkyl halides is 11. The molecule has 132 valence electrons. The van der Waals surface area contributed by atoms with E-state index in [1.165, 1.54) is 0 Å². The summed E-state index contributed by atoms with van der Waals surface area (Å²) in [4.78, 5) is -0.316. The summed E-state index contributed by atoms with van der Waals surface area (Å²) in [7, 11) is 0. The molecule has 0 rings (SSSR count). The van der Waals surface area contributed by atoms with Gasteiger partial charge in [0.25, 0.3) is 0 Å². The molecule has 1 nitrogen and oxygen atoms in total. The summed E-state index contributed by atoms with van der Waals surface area (Å²) in [5, 5.41) is 0. The molecule has 0 saturated carbocycles. The van der Waals surface area contributed by atoms with Crippen LogP contribution in [-0.2, 0) is 0 Å². The van der Waals surface area contributed by atoms with Crippen molar-refractivity contribution in [2.24, 2.45) is 0 Å². The average molecular weight is 353 g/mol. The highest BCUT2D eigenvalue weighted by Gasteiger charge is 2.67. The quantitative estimate of drug-likeness (QED) is 0.650. The zero-order valence-electron chi connectivity index (χ0n) is 11.0. The van der Waals surface area contributed by atoms with Crippen LogP contribution in [0.25, 0.3) is 0 Å². The summed E-state index contributed by atoms with van der Waals surface area (Å²) in [6.45, 7) is -0.124. The van der Waals surface area contributed by atoms with Crippen LogP contribution < -0.4 is 0 Å². The first-order valence-corrected chi connectivity index (χ1v) is 5.60. The van der Waals surface area contributed by atoms with Gasteiger partial charge in [-0.1, -0.05) is 0 Å². The third-order valence-corrected chi connectivity index (χ3v) is 2.54. The smallest absolute Gasteiger partial charge is 0.370 e. The highest BCUT2D eigenvalue weighted by atomic mass is 19.4. The Kier molecular flexibility index (Phi) is 5.77. The summed E-state index contributed by atoms with van der Waals surface area (Å²) in [6, 6.07) is 0. The van der Waals surface area contributed by atoms with Gasteiger partial charge >= 0.3 is 24.5 Å². The predicted octanol–water partition coefficient (Wildman–Crippen LogP) is 4.90. The fraction of sp³-hybridized carbons (Fsp3) is 0.800. The van der Waals surface area contributed by atoms with Crippen molar-refractivity contribution in [1.29, 1.82) is 0 Å². The van der Waals surface area contributed by atoms with Crippen LogP contribution in [0.15, 0.2) is 11.3 Å². The molecule has 0 aromatic heterocycles. The number of nitrogens with zero attached hydrogens (tertiary/aromatic N) is 1. The van der Waals surface area contributed by atoms with Gasteiger partial charge in [0.05, 0.1) is 0 Å². The van der Waals surface area contributed by atoms with Crippen LogP contribution in [-0.4, -0.2) is 42.4 Å². The molecule has 0 aliphatic carbocycles. The molecular formula is C10H10F11N. The largest absolute Gasteiger partial charge is 0.459 e. The average Bonchev–Trinajstić information content (AvgIpc) is 2.23. The number of rotatable bonds is 4. The Morgan fingerprint density at radius 3 is 1.18 bits per heavy atom. The summed E-state index contributed by atoms with van der Waals surface area (Å²) < 4.78 is 139. The van der Waals surface area contributed by atoms with Crippen molar-refractivity contribution < 1.29 is 48.3 Å². The van der Waals surface area contributed by atoms with E-state index in [1.807, 2.05) is 0 Å². The standard InChI is InChI=1S/C10H10F11N/c1-3-22(4-2)6(7(11,12)10(19,20)21)5(8(13,14)15)9(16,17)18/h3-4H2,1-2H3. The monoisotopic (exact) mass is 353 g/mol. The Morgan fingerprint density at radius 2 is 1.00 bits per heavy atom. The molecule has 0 saturated heterocycles. The highest BCUT2D eigenvalue weighted by molar-refractivity contribution is 5.30. The fourth-order valence-electron chi connectivity index (χ4n) is 1.62. The normalized spacial score (nSPS) is 14.0. The molecule has 0 bridgehead atoms. The third kappa shape index (κ3) is 4.15. The van der Waals surface area contributed by atoms with Crippen LogP contribution in [0.2, 0.25) is 0 Å². The van der Waals surface area contributed by atoms with Gasteiger partial charge in [0.2, 0.25) is 0 Å². The van der Waals surface area contributed by atoms with Crippen LogP contribution in [0.4, 0.5) is 48.3 Å². The molecule has 0 N–H and O–H groups in total. The van der Waals surface area contributed by atoms with Gasteiger partial charge in [-0.05, 0) is 13.8 Å². The molecule has 0 radical (unpaired) electrons. The lowest BCUT2D eigenvalue weighted by atomic mass is 10.1. The van der Waals surface area contributed by atoms with Crippen molar-refractivity contribution in [3.63, 3.8) is 0 Å². The molecule has 0 amide bonds. The number of hydrogen-bond acceptors (Lipinski definition) is 1. The Bertz CT molecular complexity index is 392. The maximum atomic E-state index is 13.3. The van der Waals surface area contributed by atoms with E-state index in [2.05, 4.69) is 0 Å². The molecule has 0 aliphatic heterocycles. The fourth-order valence-corrected chi connectivity index (χ4v) is 1.62. The Hall–Kier alpha value is -1.23.